The normalized spacial score (nSPS) is 14.0. The Hall–Kier alpha value is -1.02. The van der Waals surface area contributed by atoms with Crippen LogP contribution in [0.5, 0.6) is 5.75 Å². The quantitative estimate of drug-likeness (QED) is 0.243. The summed E-state index contributed by atoms with van der Waals surface area (Å²) in [6, 6.07) is 6.32. The highest BCUT2D eigenvalue weighted by atomic mass is 127. The van der Waals surface area contributed by atoms with Gasteiger partial charge in [0, 0.05) is 45.8 Å². The second kappa shape index (κ2) is 12.4. The lowest BCUT2D eigenvalue weighted by Gasteiger charge is -2.15. The summed E-state index contributed by atoms with van der Waals surface area (Å²) in [6.07, 6.45) is 4.91. The molecule has 2 N–H and O–H groups in total. The molecule has 2 rings (SSSR count). The zero-order valence-electron chi connectivity index (χ0n) is 15.6. The third kappa shape index (κ3) is 8.76. The predicted molar refractivity (Wildman–Crippen MR) is 114 cm³/mol. The van der Waals surface area contributed by atoms with Crippen molar-refractivity contribution < 1.29 is 9.47 Å². The van der Waals surface area contributed by atoms with Crippen molar-refractivity contribution in [2.75, 3.05) is 33.9 Å². The second-order valence-electron chi connectivity index (χ2n) is 6.39. The van der Waals surface area contributed by atoms with Crippen LogP contribution in [0.25, 0.3) is 0 Å². The molecular weight excluding hydrogens is 429 g/mol. The van der Waals surface area contributed by atoms with Gasteiger partial charge in [0.2, 0.25) is 0 Å². The van der Waals surface area contributed by atoms with E-state index < -0.39 is 0 Å². The lowest BCUT2D eigenvalue weighted by molar-refractivity contribution is 0.172. The van der Waals surface area contributed by atoms with Gasteiger partial charge in [0.25, 0.3) is 0 Å². The number of aliphatic imine (C=N–C) groups is 1. The molecule has 0 heterocycles. The van der Waals surface area contributed by atoms with Crippen LogP contribution in [0.3, 0.4) is 0 Å². The molecule has 142 valence electrons. The number of hydrogen-bond acceptors (Lipinski definition) is 3. The van der Waals surface area contributed by atoms with Gasteiger partial charge in [-0.25, -0.2) is 0 Å². The van der Waals surface area contributed by atoms with E-state index in [2.05, 4.69) is 40.7 Å². The number of nitrogens with one attached hydrogen (secondary N) is 2. The minimum absolute atomic E-state index is 0. The second-order valence-corrected chi connectivity index (χ2v) is 6.39. The fourth-order valence-corrected chi connectivity index (χ4v) is 2.53. The number of hydrogen-bond donors (Lipinski definition) is 2. The smallest absolute Gasteiger partial charge is 0.191 e. The third-order valence-electron chi connectivity index (χ3n) is 4.18. The Labute approximate surface area is 169 Å². The van der Waals surface area contributed by atoms with E-state index in [9.17, 15) is 0 Å². The van der Waals surface area contributed by atoms with Crippen LogP contribution in [0.1, 0.15) is 36.8 Å². The fourth-order valence-electron chi connectivity index (χ4n) is 2.53. The predicted octanol–water partition coefficient (Wildman–Crippen LogP) is 3.49. The van der Waals surface area contributed by atoms with Crippen molar-refractivity contribution >= 4 is 29.9 Å². The van der Waals surface area contributed by atoms with Crippen molar-refractivity contribution in [2.45, 2.75) is 39.2 Å². The fraction of sp³-hybridized carbons (Fsp3) is 0.632. The molecular formula is C19H32IN3O2. The van der Waals surface area contributed by atoms with Crippen molar-refractivity contribution in [2.24, 2.45) is 10.9 Å². The third-order valence-corrected chi connectivity index (χ3v) is 4.18. The Kier molecular flexibility index (Phi) is 10.9. The first-order chi connectivity index (χ1) is 11.7. The summed E-state index contributed by atoms with van der Waals surface area (Å²) < 4.78 is 11.0. The number of halogens is 1. The van der Waals surface area contributed by atoms with Crippen molar-refractivity contribution in [3.8, 4) is 5.75 Å². The van der Waals surface area contributed by atoms with Crippen molar-refractivity contribution in [3.05, 3.63) is 29.3 Å². The standard InChI is InChI=1S/C19H31N3O2.HI/c1-15-5-8-17(18(13-15)24-12-4-11-23-3)14-22-19(20-2)21-10-9-16-6-7-16;/h5,8,13,16H,4,6-7,9-12,14H2,1-3H3,(H2,20,21,22);1H. The molecule has 1 saturated carbocycles. The zero-order valence-corrected chi connectivity index (χ0v) is 18.0. The van der Waals surface area contributed by atoms with Crippen LogP contribution >= 0.6 is 24.0 Å². The molecule has 0 saturated heterocycles. The maximum absolute atomic E-state index is 5.93. The molecule has 0 unspecified atom stereocenters. The Morgan fingerprint density at radius 2 is 2.04 bits per heavy atom. The molecule has 0 radical (unpaired) electrons. The van der Waals surface area contributed by atoms with Crippen LogP contribution in [-0.4, -0.2) is 39.9 Å². The highest BCUT2D eigenvalue weighted by molar-refractivity contribution is 14.0. The Bertz CT molecular complexity index is 533. The summed E-state index contributed by atoms with van der Waals surface area (Å²) in [5.41, 5.74) is 2.34. The summed E-state index contributed by atoms with van der Waals surface area (Å²) in [5.74, 6) is 2.72. The first-order valence-corrected chi connectivity index (χ1v) is 8.88. The molecule has 1 aromatic carbocycles. The number of aryl methyl sites for hydroxylation is 1. The van der Waals surface area contributed by atoms with Gasteiger partial charge in [-0.15, -0.1) is 24.0 Å². The van der Waals surface area contributed by atoms with Crippen molar-refractivity contribution in [3.63, 3.8) is 0 Å². The summed E-state index contributed by atoms with van der Waals surface area (Å²) in [4.78, 5) is 4.29. The summed E-state index contributed by atoms with van der Waals surface area (Å²) in [6.45, 7) is 5.15. The summed E-state index contributed by atoms with van der Waals surface area (Å²) >= 11 is 0. The first-order valence-electron chi connectivity index (χ1n) is 8.88. The Morgan fingerprint density at radius 1 is 1.24 bits per heavy atom. The van der Waals surface area contributed by atoms with E-state index in [4.69, 9.17) is 9.47 Å². The van der Waals surface area contributed by atoms with E-state index in [1.54, 1.807) is 7.11 Å². The van der Waals surface area contributed by atoms with E-state index in [0.717, 1.165) is 42.8 Å². The number of methoxy groups -OCH3 is 1. The maximum Gasteiger partial charge on any atom is 0.191 e. The number of guanidine groups is 1. The molecule has 0 aromatic heterocycles. The molecule has 1 fully saturated rings. The maximum atomic E-state index is 5.93. The summed E-state index contributed by atoms with van der Waals surface area (Å²) in [5, 5.41) is 6.76. The van der Waals surface area contributed by atoms with Gasteiger partial charge in [0.15, 0.2) is 5.96 Å². The van der Waals surface area contributed by atoms with Crippen molar-refractivity contribution in [1.82, 2.24) is 10.6 Å². The van der Waals surface area contributed by atoms with E-state index >= 15 is 0 Å². The SMILES string of the molecule is CN=C(NCCC1CC1)NCc1ccc(C)cc1OCCCOC.I. The molecule has 0 amide bonds. The van der Waals surface area contributed by atoms with Gasteiger partial charge in [-0.2, -0.15) is 0 Å². The van der Waals surface area contributed by atoms with Crippen LogP contribution in [-0.2, 0) is 11.3 Å². The molecule has 0 bridgehead atoms. The highest BCUT2D eigenvalue weighted by Gasteiger charge is 2.20. The zero-order chi connectivity index (χ0) is 17.2. The molecule has 1 aromatic rings. The molecule has 1 aliphatic rings. The molecule has 5 nitrogen and oxygen atoms in total. The van der Waals surface area contributed by atoms with Gasteiger partial charge >= 0.3 is 0 Å². The van der Waals surface area contributed by atoms with Gasteiger partial charge in [-0.1, -0.05) is 25.0 Å². The van der Waals surface area contributed by atoms with Crippen LogP contribution in [0.15, 0.2) is 23.2 Å². The van der Waals surface area contributed by atoms with E-state index in [1.165, 1.54) is 24.8 Å². The Balaban J connectivity index is 0.00000312. The number of benzene rings is 1. The van der Waals surface area contributed by atoms with Gasteiger partial charge in [0.05, 0.1) is 6.61 Å². The molecule has 0 atom stereocenters. The average molecular weight is 461 g/mol. The van der Waals surface area contributed by atoms with Crippen LogP contribution in [0, 0.1) is 12.8 Å². The number of ether oxygens (including phenoxy) is 2. The van der Waals surface area contributed by atoms with E-state index in [1.807, 2.05) is 7.05 Å². The average Bonchev–Trinajstić information content (AvgIpc) is 3.40. The van der Waals surface area contributed by atoms with E-state index in [-0.39, 0.29) is 24.0 Å². The highest BCUT2D eigenvalue weighted by Crippen LogP contribution is 2.31. The topological polar surface area (TPSA) is 54.9 Å². The van der Waals surface area contributed by atoms with Gasteiger partial charge < -0.3 is 20.1 Å². The van der Waals surface area contributed by atoms with E-state index in [0.29, 0.717) is 13.2 Å². The number of rotatable bonds is 10. The van der Waals surface area contributed by atoms with Crippen LogP contribution in [0.4, 0.5) is 0 Å². The first kappa shape index (κ1) is 22.0. The lowest BCUT2D eigenvalue weighted by Crippen LogP contribution is -2.37. The monoisotopic (exact) mass is 461 g/mol. The van der Waals surface area contributed by atoms with Gasteiger partial charge in [-0.05, 0) is 30.9 Å². The van der Waals surface area contributed by atoms with Crippen LogP contribution in [0.2, 0.25) is 0 Å². The molecule has 6 heteroatoms. The van der Waals surface area contributed by atoms with Gasteiger partial charge in [-0.3, -0.25) is 4.99 Å². The largest absolute Gasteiger partial charge is 0.493 e. The Morgan fingerprint density at radius 3 is 2.72 bits per heavy atom. The van der Waals surface area contributed by atoms with Crippen LogP contribution < -0.4 is 15.4 Å². The number of nitrogens with zero attached hydrogens (tertiary/aromatic N) is 1. The molecule has 0 aliphatic heterocycles. The lowest BCUT2D eigenvalue weighted by atomic mass is 10.1. The molecule has 25 heavy (non-hydrogen) atoms. The minimum Gasteiger partial charge on any atom is -0.493 e. The van der Waals surface area contributed by atoms with Crippen molar-refractivity contribution in [1.29, 1.82) is 0 Å². The minimum atomic E-state index is 0. The summed E-state index contributed by atoms with van der Waals surface area (Å²) in [7, 11) is 3.52. The molecule has 1 aliphatic carbocycles. The van der Waals surface area contributed by atoms with Gasteiger partial charge in [0.1, 0.15) is 5.75 Å². The molecule has 0 spiro atoms.